The minimum atomic E-state index is -4.41. The first-order valence-electron chi connectivity index (χ1n) is 9.66. The minimum Gasteiger partial charge on any atom is -0.476 e. The molecular formula is C19H26F3IN6O2. The van der Waals surface area contributed by atoms with Crippen molar-refractivity contribution in [2.24, 2.45) is 12.0 Å². The van der Waals surface area contributed by atoms with Crippen molar-refractivity contribution in [1.29, 1.82) is 0 Å². The summed E-state index contributed by atoms with van der Waals surface area (Å²) in [6.45, 7) is 5.12. The second kappa shape index (κ2) is 11.5. The van der Waals surface area contributed by atoms with Gasteiger partial charge in [0, 0.05) is 44.2 Å². The SMILES string of the molecule is CCNC(=NCCOc1ccc(C(F)(F)F)cn1)N1CCOC(c2cnn(C)c2)C1.I. The molecule has 12 heteroatoms. The predicted molar refractivity (Wildman–Crippen MR) is 120 cm³/mol. The molecule has 0 bridgehead atoms. The zero-order valence-electron chi connectivity index (χ0n) is 17.3. The van der Waals surface area contributed by atoms with Crippen LogP contribution in [-0.2, 0) is 18.0 Å². The van der Waals surface area contributed by atoms with Gasteiger partial charge in [0.15, 0.2) is 5.96 Å². The molecule has 0 saturated carbocycles. The molecule has 0 radical (unpaired) electrons. The zero-order valence-corrected chi connectivity index (χ0v) is 19.6. The van der Waals surface area contributed by atoms with Crippen molar-refractivity contribution in [2.45, 2.75) is 19.2 Å². The molecule has 3 rings (SSSR count). The number of halogens is 4. The number of nitrogens with zero attached hydrogens (tertiary/aromatic N) is 5. The van der Waals surface area contributed by atoms with Gasteiger partial charge < -0.3 is 19.7 Å². The maximum atomic E-state index is 12.6. The lowest BCUT2D eigenvalue weighted by Crippen LogP contribution is -2.48. The Bertz CT molecular complexity index is 844. The Morgan fingerprint density at radius 1 is 1.35 bits per heavy atom. The lowest BCUT2D eigenvalue weighted by atomic mass is 10.1. The van der Waals surface area contributed by atoms with Gasteiger partial charge in [-0.3, -0.25) is 4.68 Å². The van der Waals surface area contributed by atoms with Gasteiger partial charge in [-0.2, -0.15) is 18.3 Å². The first kappa shape index (κ1) is 25.2. The van der Waals surface area contributed by atoms with Crippen molar-refractivity contribution in [2.75, 3.05) is 39.4 Å². The van der Waals surface area contributed by atoms with Gasteiger partial charge in [0.2, 0.25) is 5.88 Å². The molecule has 1 aliphatic rings. The lowest BCUT2D eigenvalue weighted by Gasteiger charge is -2.34. The van der Waals surface area contributed by atoms with Crippen LogP contribution in [0.2, 0.25) is 0 Å². The summed E-state index contributed by atoms with van der Waals surface area (Å²) in [5, 5.41) is 7.45. The number of aryl methyl sites for hydroxylation is 1. The molecule has 2 aromatic heterocycles. The van der Waals surface area contributed by atoms with Crippen LogP contribution < -0.4 is 10.1 Å². The second-order valence-electron chi connectivity index (χ2n) is 6.72. The van der Waals surface area contributed by atoms with Gasteiger partial charge in [-0.15, -0.1) is 24.0 Å². The smallest absolute Gasteiger partial charge is 0.417 e. The van der Waals surface area contributed by atoms with Crippen molar-refractivity contribution in [1.82, 2.24) is 25.0 Å². The highest BCUT2D eigenvalue weighted by Gasteiger charge is 2.30. The average Bonchev–Trinajstić information content (AvgIpc) is 3.16. The molecule has 1 fully saturated rings. The number of guanidine groups is 1. The number of aromatic nitrogens is 3. The molecule has 1 N–H and O–H groups in total. The molecule has 8 nitrogen and oxygen atoms in total. The third kappa shape index (κ3) is 7.23. The number of hydrogen-bond acceptors (Lipinski definition) is 5. The minimum absolute atomic E-state index is 0. The molecule has 1 saturated heterocycles. The highest BCUT2D eigenvalue weighted by Crippen LogP contribution is 2.29. The van der Waals surface area contributed by atoms with Gasteiger partial charge >= 0.3 is 6.18 Å². The predicted octanol–water partition coefficient (Wildman–Crippen LogP) is 2.87. The number of morpholine rings is 1. The normalized spacial score (nSPS) is 17.3. The molecule has 1 unspecified atom stereocenters. The first-order valence-corrected chi connectivity index (χ1v) is 9.66. The fourth-order valence-corrected chi connectivity index (χ4v) is 3.01. The number of pyridine rings is 1. The largest absolute Gasteiger partial charge is 0.476 e. The van der Waals surface area contributed by atoms with E-state index in [0.717, 1.165) is 23.8 Å². The summed E-state index contributed by atoms with van der Waals surface area (Å²) in [6, 6.07) is 2.15. The number of ether oxygens (including phenoxy) is 2. The maximum Gasteiger partial charge on any atom is 0.417 e. The molecule has 31 heavy (non-hydrogen) atoms. The van der Waals surface area contributed by atoms with E-state index in [4.69, 9.17) is 9.47 Å². The Balaban J connectivity index is 0.00000341. The third-order valence-electron chi connectivity index (χ3n) is 4.46. The third-order valence-corrected chi connectivity index (χ3v) is 4.46. The van der Waals surface area contributed by atoms with E-state index < -0.39 is 11.7 Å². The van der Waals surface area contributed by atoms with E-state index in [1.165, 1.54) is 6.07 Å². The molecule has 172 valence electrons. The Kier molecular flexibility index (Phi) is 9.34. The van der Waals surface area contributed by atoms with Crippen molar-refractivity contribution >= 4 is 29.9 Å². The lowest BCUT2D eigenvalue weighted by molar-refractivity contribution is -0.137. The Labute approximate surface area is 195 Å². The van der Waals surface area contributed by atoms with E-state index >= 15 is 0 Å². The number of alkyl halides is 3. The summed E-state index contributed by atoms with van der Waals surface area (Å²) in [6.07, 6.45) is -0.0206. The van der Waals surface area contributed by atoms with E-state index in [-0.39, 0.29) is 42.6 Å². The number of nitrogens with one attached hydrogen (secondary N) is 1. The van der Waals surface area contributed by atoms with Crippen LogP contribution in [0.25, 0.3) is 0 Å². The van der Waals surface area contributed by atoms with E-state index in [0.29, 0.717) is 32.8 Å². The number of hydrogen-bond donors (Lipinski definition) is 1. The van der Waals surface area contributed by atoms with Crippen LogP contribution in [0, 0.1) is 0 Å². The topological polar surface area (TPSA) is 76.8 Å². The van der Waals surface area contributed by atoms with E-state index in [2.05, 4.69) is 25.3 Å². The Morgan fingerprint density at radius 2 is 2.16 bits per heavy atom. The number of rotatable bonds is 6. The Hall–Kier alpha value is -2.09. The van der Waals surface area contributed by atoms with Crippen LogP contribution in [-0.4, -0.2) is 65.0 Å². The molecule has 3 heterocycles. The van der Waals surface area contributed by atoms with Gasteiger partial charge in [-0.1, -0.05) is 0 Å². The van der Waals surface area contributed by atoms with Crippen LogP contribution in [0.4, 0.5) is 13.2 Å². The summed E-state index contributed by atoms with van der Waals surface area (Å²) in [5.41, 5.74) is 0.201. The van der Waals surface area contributed by atoms with E-state index in [9.17, 15) is 13.2 Å². The van der Waals surface area contributed by atoms with Crippen molar-refractivity contribution in [3.05, 3.63) is 41.9 Å². The highest BCUT2D eigenvalue weighted by molar-refractivity contribution is 14.0. The summed E-state index contributed by atoms with van der Waals surface area (Å²) < 4.78 is 50.8. The van der Waals surface area contributed by atoms with Gasteiger partial charge in [0.25, 0.3) is 0 Å². The van der Waals surface area contributed by atoms with Crippen molar-refractivity contribution < 1.29 is 22.6 Å². The molecule has 2 aromatic rings. The quantitative estimate of drug-likeness (QED) is 0.256. The molecule has 1 atom stereocenters. The first-order chi connectivity index (χ1) is 14.4. The van der Waals surface area contributed by atoms with Crippen molar-refractivity contribution in [3.63, 3.8) is 0 Å². The molecular weight excluding hydrogens is 528 g/mol. The fourth-order valence-electron chi connectivity index (χ4n) is 3.01. The Morgan fingerprint density at radius 3 is 2.77 bits per heavy atom. The second-order valence-corrected chi connectivity index (χ2v) is 6.72. The maximum absolute atomic E-state index is 12.6. The monoisotopic (exact) mass is 554 g/mol. The van der Waals surface area contributed by atoms with Gasteiger partial charge in [-0.25, -0.2) is 9.98 Å². The summed E-state index contributed by atoms with van der Waals surface area (Å²) in [5.74, 6) is 0.866. The average molecular weight is 554 g/mol. The molecule has 0 spiro atoms. The van der Waals surface area contributed by atoms with Crippen LogP contribution in [0.15, 0.2) is 35.7 Å². The van der Waals surface area contributed by atoms with E-state index in [1.807, 2.05) is 20.2 Å². The number of aliphatic imine (C=N–C) groups is 1. The molecule has 0 aliphatic carbocycles. The summed E-state index contributed by atoms with van der Waals surface area (Å²) in [7, 11) is 1.86. The van der Waals surface area contributed by atoms with Gasteiger partial charge in [0.1, 0.15) is 12.7 Å². The van der Waals surface area contributed by atoms with Crippen molar-refractivity contribution in [3.8, 4) is 5.88 Å². The summed E-state index contributed by atoms with van der Waals surface area (Å²) in [4.78, 5) is 10.4. The highest BCUT2D eigenvalue weighted by atomic mass is 127. The zero-order chi connectivity index (χ0) is 21.6. The molecule has 1 aliphatic heterocycles. The van der Waals surface area contributed by atoms with E-state index in [1.54, 1.807) is 10.9 Å². The standard InChI is InChI=1S/C19H25F3N6O2.HI/c1-3-23-18(28-7-9-29-16(13-28)14-10-26-27(2)12-14)24-6-8-30-17-5-4-15(11-25-17)19(20,21)22;/h4-5,10-12,16H,3,6-9,13H2,1-2H3,(H,23,24);1H. The van der Waals surface area contributed by atoms with Crippen LogP contribution in [0.1, 0.15) is 24.2 Å². The molecule has 0 aromatic carbocycles. The van der Waals surface area contributed by atoms with Crippen LogP contribution >= 0.6 is 24.0 Å². The summed E-state index contributed by atoms with van der Waals surface area (Å²) >= 11 is 0. The van der Waals surface area contributed by atoms with Crippen LogP contribution in [0.3, 0.4) is 0 Å². The molecule has 0 amide bonds. The fraction of sp³-hybridized carbons (Fsp3) is 0.526. The van der Waals surface area contributed by atoms with Gasteiger partial charge in [-0.05, 0) is 13.0 Å². The van der Waals surface area contributed by atoms with Crippen LogP contribution in [0.5, 0.6) is 5.88 Å². The van der Waals surface area contributed by atoms with Gasteiger partial charge in [0.05, 0.1) is 31.5 Å².